The summed E-state index contributed by atoms with van der Waals surface area (Å²) >= 11 is 11.7. The highest BCUT2D eigenvalue weighted by molar-refractivity contribution is 6.45. The molecule has 0 radical (unpaired) electrons. The van der Waals surface area contributed by atoms with Crippen LogP contribution in [-0.2, 0) is 0 Å². The first-order valence-corrected chi connectivity index (χ1v) is 4.90. The molecule has 0 N–H and O–H groups in total. The number of rotatable bonds is 0. The number of halogens is 2. The van der Waals surface area contributed by atoms with Crippen molar-refractivity contribution < 1.29 is 9.59 Å². The third kappa shape index (κ3) is 1.48. The molecular weight excluding hydrogens is 237 g/mol. The maximum atomic E-state index is 11.5. The molecule has 1 aromatic rings. The second kappa shape index (κ2) is 3.43. The van der Waals surface area contributed by atoms with Crippen LogP contribution in [0.1, 0.15) is 26.5 Å². The second-order valence-corrected chi connectivity index (χ2v) is 3.87. The van der Waals surface area contributed by atoms with Crippen molar-refractivity contribution in [2.45, 2.75) is 6.92 Å². The van der Waals surface area contributed by atoms with Gasteiger partial charge in [-0.1, -0.05) is 23.2 Å². The number of aromatic nitrogens is 1. The third-order valence-electron chi connectivity index (χ3n) is 2.11. The third-order valence-corrected chi connectivity index (χ3v) is 3.05. The molecule has 0 bridgehead atoms. The second-order valence-electron chi connectivity index (χ2n) is 3.11. The molecule has 0 saturated heterocycles. The molecule has 0 aliphatic heterocycles. The van der Waals surface area contributed by atoms with Crippen LogP contribution in [0.25, 0.3) is 0 Å². The number of nitrogens with zero attached hydrogens (tertiary/aromatic N) is 1. The largest absolute Gasteiger partial charge is 0.289 e. The Balaban J connectivity index is 2.83. The number of carbonyl (C=O) groups is 2. The molecule has 1 aromatic heterocycles. The highest BCUT2D eigenvalue weighted by atomic mass is 35.5. The molecule has 0 spiro atoms. The van der Waals surface area contributed by atoms with Crippen molar-refractivity contribution >= 4 is 34.8 Å². The van der Waals surface area contributed by atoms with Crippen LogP contribution >= 0.6 is 23.2 Å². The van der Waals surface area contributed by atoms with Crippen molar-refractivity contribution in [2.24, 2.45) is 0 Å². The lowest BCUT2D eigenvalue weighted by molar-refractivity contribution is 0.0990. The smallest absolute Gasteiger partial charge is 0.205 e. The maximum Gasteiger partial charge on any atom is 0.205 e. The fourth-order valence-electron chi connectivity index (χ4n) is 1.36. The highest BCUT2D eigenvalue weighted by Gasteiger charge is 2.26. The van der Waals surface area contributed by atoms with Crippen LogP contribution in [0.4, 0.5) is 0 Å². The maximum absolute atomic E-state index is 11.5. The molecule has 0 fully saturated rings. The molecule has 0 amide bonds. The minimum Gasteiger partial charge on any atom is -0.289 e. The summed E-state index contributed by atoms with van der Waals surface area (Å²) in [6.45, 7) is 1.63. The predicted molar refractivity (Wildman–Crippen MR) is 56.8 cm³/mol. The summed E-state index contributed by atoms with van der Waals surface area (Å²) < 4.78 is 0. The first-order valence-electron chi connectivity index (χ1n) is 4.14. The van der Waals surface area contributed by atoms with Crippen LogP contribution in [0.3, 0.4) is 0 Å². The van der Waals surface area contributed by atoms with Crippen molar-refractivity contribution in [1.29, 1.82) is 0 Å². The van der Waals surface area contributed by atoms with Gasteiger partial charge in [-0.2, -0.15) is 0 Å². The number of pyridine rings is 1. The molecule has 1 heterocycles. The molecule has 15 heavy (non-hydrogen) atoms. The molecule has 5 heteroatoms. The molecule has 0 aromatic carbocycles. The van der Waals surface area contributed by atoms with Crippen LogP contribution in [0.2, 0.25) is 10.0 Å². The van der Waals surface area contributed by atoms with Gasteiger partial charge in [-0.25, -0.2) is 4.98 Å². The number of allylic oxidation sites excluding steroid dienone is 2. The summed E-state index contributed by atoms with van der Waals surface area (Å²) in [5.41, 5.74) is 0.617. The van der Waals surface area contributed by atoms with Gasteiger partial charge in [0.25, 0.3) is 0 Å². The quantitative estimate of drug-likeness (QED) is 0.702. The van der Waals surface area contributed by atoms with E-state index in [0.29, 0.717) is 5.69 Å². The van der Waals surface area contributed by atoms with Crippen molar-refractivity contribution in [2.75, 3.05) is 0 Å². The molecule has 0 saturated carbocycles. The Labute approximate surface area is 95.7 Å². The molecular formula is C10H5Cl2NO2. The van der Waals surface area contributed by atoms with E-state index in [1.807, 2.05) is 0 Å². The van der Waals surface area contributed by atoms with Crippen molar-refractivity contribution in [3.8, 4) is 0 Å². The van der Waals surface area contributed by atoms with E-state index in [0.717, 1.165) is 0 Å². The normalized spacial score (nSPS) is 14.3. The fourth-order valence-corrected chi connectivity index (χ4v) is 1.82. The highest BCUT2D eigenvalue weighted by Crippen LogP contribution is 2.32. The summed E-state index contributed by atoms with van der Waals surface area (Å²) in [4.78, 5) is 26.9. The van der Waals surface area contributed by atoms with E-state index in [1.54, 1.807) is 6.92 Å². The minimum absolute atomic E-state index is 0.0781. The Morgan fingerprint density at radius 1 is 1.07 bits per heavy atom. The zero-order chi connectivity index (χ0) is 11.2. The number of ketones is 2. The molecule has 0 unspecified atom stereocenters. The zero-order valence-corrected chi connectivity index (χ0v) is 9.19. The Hall–Kier alpha value is -1.19. The standard InChI is InChI=1S/C10H5Cl2NO2/c1-4-8(11)9(12)7-5(14)2-3-6(15)10(7)13-4/h2-3H,1H3. The molecule has 1 aliphatic carbocycles. The van der Waals surface area contributed by atoms with Crippen LogP contribution in [0.15, 0.2) is 12.2 Å². The first-order chi connectivity index (χ1) is 7.02. The monoisotopic (exact) mass is 241 g/mol. The van der Waals surface area contributed by atoms with Gasteiger partial charge in [0.15, 0.2) is 5.78 Å². The van der Waals surface area contributed by atoms with Gasteiger partial charge in [0.05, 0.1) is 21.3 Å². The Morgan fingerprint density at radius 3 is 2.33 bits per heavy atom. The molecule has 76 valence electrons. The molecule has 0 atom stereocenters. The summed E-state index contributed by atoms with van der Waals surface area (Å²) in [6, 6.07) is 0. The van der Waals surface area contributed by atoms with E-state index >= 15 is 0 Å². The Bertz CT molecular complexity index is 521. The fraction of sp³-hybridized carbons (Fsp3) is 0.100. The average molecular weight is 242 g/mol. The van der Waals surface area contributed by atoms with Gasteiger partial charge in [-0.3, -0.25) is 9.59 Å². The van der Waals surface area contributed by atoms with Crippen molar-refractivity contribution in [1.82, 2.24) is 4.98 Å². The number of fused-ring (bicyclic) bond motifs is 1. The van der Waals surface area contributed by atoms with Gasteiger partial charge in [-0.05, 0) is 19.1 Å². The Morgan fingerprint density at radius 2 is 1.67 bits per heavy atom. The van der Waals surface area contributed by atoms with Crippen LogP contribution in [0.5, 0.6) is 0 Å². The van der Waals surface area contributed by atoms with E-state index < -0.39 is 0 Å². The van der Waals surface area contributed by atoms with Crippen LogP contribution in [-0.4, -0.2) is 16.6 Å². The number of carbonyl (C=O) groups excluding carboxylic acids is 2. The topological polar surface area (TPSA) is 47.0 Å². The number of hydrogen-bond donors (Lipinski definition) is 0. The lowest BCUT2D eigenvalue weighted by Crippen LogP contribution is -2.15. The van der Waals surface area contributed by atoms with Gasteiger partial charge in [-0.15, -0.1) is 0 Å². The summed E-state index contributed by atoms with van der Waals surface area (Å²) in [5.74, 6) is -0.671. The Kier molecular flexibility index (Phi) is 2.37. The van der Waals surface area contributed by atoms with E-state index in [9.17, 15) is 9.59 Å². The van der Waals surface area contributed by atoms with E-state index in [1.165, 1.54) is 12.2 Å². The minimum atomic E-state index is -0.344. The lowest BCUT2D eigenvalue weighted by atomic mass is 9.99. The van der Waals surface area contributed by atoms with Gasteiger partial charge >= 0.3 is 0 Å². The van der Waals surface area contributed by atoms with E-state index in [2.05, 4.69) is 4.98 Å². The lowest BCUT2D eigenvalue weighted by Gasteiger charge is -2.12. The predicted octanol–water partition coefficient (Wildman–Crippen LogP) is 2.63. The summed E-state index contributed by atoms with van der Waals surface area (Å²) in [7, 11) is 0. The first kappa shape index (κ1) is 10.3. The SMILES string of the molecule is Cc1nc2c(c(Cl)c1Cl)C(=O)C=CC2=O. The van der Waals surface area contributed by atoms with Gasteiger partial charge in [0, 0.05) is 0 Å². The average Bonchev–Trinajstić information content (AvgIpc) is 2.20. The van der Waals surface area contributed by atoms with Crippen LogP contribution in [0, 0.1) is 6.92 Å². The number of aryl methyl sites for hydroxylation is 1. The van der Waals surface area contributed by atoms with Crippen molar-refractivity contribution in [3.63, 3.8) is 0 Å². The van der Waals surface area contributed by atoms with E-state index in [-0.39, 0.29) is 32.9 Å². The van der Waals surface area contributed by atoms with Gasteiger partial charge < -0.3 is 0 Å². The van der Waals surface area contributed by atoms with Crippen molar-refractivity contribution in [3.05, 3.63) is 39.1 Å². The van der Waals surface area contributed by atoms with Gasteiger partial charge in [0.1, 0.15) is 5.69 Å². The molecule has 2 rings (SSSR count). The van der Waals surface area contributed by atoms with Gasteiger partial charge in [0.2, 0.25) is 5.78 Å². The molecule has 3 nitrogen and oxygen atoms in total. The summed E-state index contributed by atoms with van der Waals surface area (Å²) in [6.07, 6.45) is 2.35. The van der Waals surface area contributed by atoms with Crippen LogP contribution < -0.4 is 0 Å². The van der Waals surface area contributed by atoms with E-state index in [4.69, 9.17) is 23.2 Å². The molecule has 1 aliphatic rings. The number of hydrogen-bond acceptors (Lipinski definition) is 3. The summed E-state index contributed by atoms with van der Waals surface area (Å²) in [5, 5.41) is 0.314. The zero-order valence-electron chi connectivity index (χ0n) is 7.67.